The van der Waals surface area contributed by atoms with Crippen molar-refractivity contribution in [3.05, 3.63) is 32.8 Å². The van der Waals surface area contributed by atoms with E-state index in [1.54, 1.807) is 13.0 Å². The van der Waals surface area contributed by atoms with Crippen LogP contribution in [0.1, 0.15) is 22.8 Å². The molecule has 19 heavy (non-hydrogen) atoms. The number of carboxylic acid groups (broad SMARTS) is 1. The number of amides is 1. The molecule has 1 rings (SSSR count). The van der Waals surface area contributed by atoms with E-state index in [4.69, 9.17) is 16.7 Å². The lowest BCUT2D eigenvalue weighted by Crippen LogP contribution is -2.46. The molecule has 1 aromatic rings. The number of aliphatic carboxylic acids is 1. The van der Waals surface area contributed by atoms with Crippen molar-refractivity contribution in [3.63, 3.8) is 0 Å². The first-order chi connectivity index (χ1) is 8.65. The number of carbonyl (C=O) groups excluding carboxylic acids is 1. The minimum Gasteiger partial charge on any atom is -0.479 e. The fraction of sp³-hybridized carbons (Fsp3) is 0.333. The second kappa shape index (κ2) is 5.90. The Kier molecular flexibility index (Phi) is 4.95. The van der Waals surface area contributed by atoms with Crippen LogP contribution in [-0.4, -0.2) is 34.2 Å². The van der Waals surface area contributed by atoms with Gasteiger partial charge in [-0.15, -0.1) is 0 Å². The minimum absolute atomic E-state index is 0.298. The third kappa shape index (κ3) is 3.92. The summed E-state index contributed by atoms with van der Waals surface area (Å²) in [5, 5.41) is 20.9. The zero-order chi connectivity index (χ0) is 14.8. The number of hydrogen-bond donors (Lipinski definition) is 3. The predicted molar refractivity (Wildman–Crippen MR) is 74.5 cm³/mol. The summed E-state index contributed by atoms with van der Waals surface area (Å²) in [5.41, 5.74) is -0.932. The van der Waals surface area contributed by atoms with Crippen molar-refractivity contribution in [3.8, 4) is 0 Å². The highest BCUT2D eigenvalue weighted by molar-refractivity contribution is 9.10. The van der Waals surface area contributed by atoms with Gasteiger partial charge in [0, 0.05) is 10.0 Å². The molecule has 5 nitrogen and oxygen atoms in total. The molecule has 1 aromatic carbocycles. The zero-order valence-electron chi connectivity index (χ0n) is 10.3. The molecule has 0 saturated heterocycles. The van der Waals surface area contributed by atoms with Crippen LogP contribution in [0, 0.1) is 6.92 Å². The van der Waals surface area contributed by atoms with Gasteiger partial charge in [-0.25, -0.2) is 4.79 Å². The number of benzene rings is 1. The molecule has 0 aliphatic carbocycles. The topological polar surface area (TPSA) is 86.6 Å². The van der Waals surface area contributed by atoms with Crippen molar-refractivity contribution in [1.82, 2.24) is 5.32 Å². The summed E-state index contributed by atoms with van der Waals surface area (Å²) in [5.74, 6) is -1.91. The molecule has 0 spiro atoms. The second-order valence-corrected chi connectivity index (χ2v) is 5.55. The van der Waals surface area contributed by atoms with E-state index < -0.39 is 24.0 Å². The number of nitrogens with one attached hydrogen (secondary N) is 1. The monoisotopic (exact) mass is 349 g/mol. The van der Waals surface area contributed by atoms with Crippen LogP contribution in [0.3, 0.4) is 0 Å². The van der Waals surface area contributed by atoms with Gasteiger partial charge in [-0.2, -0.15) is 0 Å². The smallest absolute Gasteiger partial charge is 0.337 e. The van der Waals surface area contributed by atoms with Crippen molar-refractivity contribution < 1.29 is 19.8 Å². The standard InChI is InChI=1S/C12H13BrClNO4/c1-6-3-7(4-8(14)9(6)13)10(16)15-5-12(2,19)11(17)18/h3-4,19H,5H2,1-2H3,(H,15,16)(H,17,18). The maximum absolute atomic E-state index is 11.8. The molecule has 0 heterocycles. The number of aliphatic hydroxyl groups is 1. The summed E-state index contributed by atoms with van der Waals surface area (Å²) in [6.07, 6.45) is 0. The third-order valence-corrected chi connectivity index (χ3v) is 4.11. The molecule has 1 unspecified atom stereocenters. The first kappa shape index (κ1) is 15.9. The number of halogens is 2. The maximum atomic E-state index is 11.8. The van der Waals surface area contributed by atoms with Gasteiger partial charge in [0.05, 0.1) is 11.6 Å². The summed E-state index contributed by atoms with van der Waals surface area (Å²) in [7, 11) is 0. The highest BCUT2D eigenvalue weighted by atomic mass is 79.9. The Morgan fingerprint density at radius 1 is 1.47 bits per heavy atom. The van der Waals surface area contributed by atoms with E-state index in [1.165, 1.54) is 6.07 Å². The van der Waals surface area contributed by atoms with Crippen LogP contribution in [0.4, 0.5) is 0 Å². The summed E-state index contributed by atoms with van der Waals surface area (Å²) in [6.45, 7) is 2.49. The van der Waals surface area contributed by atoms with E-state index in [0.717, 1.165) is 12.5 Å². The van der Waals surface area contributed by atoms with Crippen LogP contribution in [0.5, 0.6) is 0 Å². The van der Waals surface area contributed by atoms with E-state index in [2.05, 4.69) is 21.2 Å². The van der Waals surface area contributed by atoms with Crippen molar-refractivity contribution in [2.45, 2.75) is 19.4 Å². The van der Waals surface area contributed by atoms with Gasteiger partial charge in [0.1, 0.15) is 0 Å². The van der Waals surface area contributed by atoms with E-state index in [0.29, 0.717) is 15.1 Å². The van der Waals surface area contributed by atoms with Gasteiger partial charge in [0.2, 0.25) is 0 Å². The number of aryl methyl sites for hydroxylation is 1. The van der Waals surface area contributed by atoms with Crippen LogP contribution in [0.2, 0.25) is 5.02 Å². The van der Waals surface area contributed by atoms with Gasteiger partial charge in [0.25, 0.3) is 5.91 Å². The van der Waals surface area contributed by atoms with E-state index in [1.807, 2.05) is 0 Å². The van der Waals surface area contributed by atoms with Crippen LogP contribution < -0.4 is 5.32 Å². The number of hydrogen-bond acceptors (Lipinski definition) is 3. The van der Waals surface area contributed by atoms with Crippen LogP contribution in [0.15, 0.2) is 16.6 Å². The highest BCUT2D eigenvalue weighted by Crippen LogP contribution is 2.27. The quantitative estimate of drug-likeness (QED) is 0.775. The highest BCUT2D eigenvalue weighted by Gasteiger charge is 2.30. The summed E-state index contributed by atoms with van der Waals surface area (Å²) < 4.78 is 0.697. The molecular formula is C12H13BrClNO4. The van der Waals surface area contributed by atoms with Crippen LogP contribution >= 0.6 is 27.5 Å². The van der Waals surface area contributed by atoms with Crippen molar-refractivity contribution in [2.75, 3.05) is 6.54 Å². The minimum atomic E-state index is -2.01. The lowest BCUT2D eigenvalue weighted by Gasteiger charge is -2.18. The van der Waals surface area contributed by atoms with Crippen LogP contribution in [-0.2, 0) is 4.79 Å². The predicted octanol–water partition coefficient (Wildman–Crippen LogP) is 1.98. The van der Waals surface area contributed by atoms with E-state index in [-0.39, 0.29) is 0 Å². The van der Waals surface area contributed by atoms with Crippen molar-refractivity contribution in [2.24, 2.45) is 0 Å². The molecule has 1 amide bonds. The van der Waals surface area contributed by atoms with E-state index in [9.17, 15) is 14.7 Å². The van der Waals surface area contributed by atoms with Gasteiger partial charge in [0.15, 0.2) is 5.60 Å². The lowest BCUT2D eigenvalue weighted by atomic mass is 10.1. The molecule has 0 bridgehead atoms. The molecule has 0 fully saturated rings. The SMILES string of the molecule is Cc1cc(C(=O)NCC(C)(O)C(=O)O)cc(Cl)c1Br. The number of rotatable bonds is 4. The Bertz CT molecular complexity index is 507. The zero-order valence-corrected chi connectivity index (χ0v) is 12.7. The van der Waals surface area contributed by atoms with Gasteiger partial charge < -0.3 is 15.5 Å². The molecule has 0 aliphatic rings. The Hall–Kier alpha value is -1.11. The van der Waals surface area contributed by atoms with Crippen LogP contribution in [0.25, 0.3) is 0 Å². The average Bonchev–Trinajstić information content (AvgIpc) is 2.32. The normalized spacial score (nSPS) is 13.7. The molecule has 0 aliphatic heterocycles. The lowest BCUT2D eigenvalue weighted by molar-refractivity contribution is -0.155. The molecule has 104 valence electrons. The summed E-state index contributed by atoms with van der Waals surface area (Å²) >= 11 is 9.20. The molecule has 7 heteroatoms. The van der Waals surface area contributed by atoms with Gasteiger partial charge in [-0.1, -0.05) is 11.6 Å². The molecule has 0 aromatic heterocycles. The number of carbonyl (C=O) groups is 2. The third-order valence-electron chi connectivity index (χ3n) is 2.53. The fourth-order valence-corrected chi connectivity index (χ4v) is 1.78. The Morgan fingerprint density at radius 3 is 2.53 bits per heavy atom. The van der Waals surface area contributed by atoms with E-state index >= 15 is 0 Å². The molecule has 3 N–H and O–H groups in total. The van der Waals surface area contributed by atoms with Gasteiger partial charge in [-0.05, 0) is 47.5 Å². The fourth-order valence-electron chi connectivity index (χ4n) is 1.29. The average molecular weight is 351 g/mol. The summed E-state index contributed by atoms with van der Waals surface area (Å²) in [6, 6.07) is 3.07. The first-order valence-electron chi connectivity index (χ1n) is 5.35. The molecule has 0 radical (unpaired) electrons. The van der Waals surface area contributed by atoms with Gasteiger partial charge >= 0.3 is 5.97 Å². The largest absolute Gasteiger partial charge is 0.479 e. The maximum Gasteiger partial charge on any atom is 0.337 e. The van der Waals surface area contributed by atoms with Gasteiger partial charge in [-0.3, -0.25) is 4.79 Å². The van der Waals surface area contributed by atoms with Crippen molar-refractivity contribution >= 4 is 39.4 Å². The Labute approximate surface area is 123 Å². The summed E-state index contributed by atoms with van der Waals surface area (Å²) in [4.78, 5) is 22.5. The Balaban J connectivity index is 2.83. The molecule has 1 atom stereocenters. The van der Waals surface area contributed by atoms with Crippen molar-refractivity contribution in [1.29, 1.82) is 0 Å². The first-order valence-corrected chi connectivity index (χ1v) is 6.52. The molecular weight excluding hydrogens is 337 g/mol. The molecule has 0 saturated carbocycles. The second-order valence-electron chi connectivity index (χ2n) is 4.35. The number of carboxylic acids is 1. The Morgan fingerprint density at radius 2 is 2.05 bits per heavy atom.